The first-order valence-electron chi connectivity index (χ1n) is 8.39. The van der Waals surface area contributed by atoms with E-state index in [0.29, 0.717) is 10.9 Å². The number of thiazole rings is 1. The van der Waals surface area contributed by atoms with Gasteiger partial charge in [0.25, 0.3) is 0 Å². The minimum absolute atomic E-state index is 0.00828. The van der Waals surface area contributed by atoms with E-state index in [-0.39, 0.29) is 22.6 Å². The number of carbonyl (C=O) groups is 3. The van der Waals surface area contributed by atoms with Crippen molar-refractivity contribution in [2.75, 3.05) is 17.7 Å². The first-order chi connectivity index (χ1) is 13.9. The lowest BCUT2D eigenvalue weighted by atomic mass is 10.1. The highest BCUT2D eigenvalue weighted by Crippen LogP contribution is 2.32. The number of thioether (sulfide) groups is 1. The zero-order valence-electron chi connectivity index (χ0n) is 15.1. The van der Waals surface area contributed by atoms with E-state index in [0.717, 1.165) is 34.2 Å². The van der Waals surface area contributed by atoms with Crippen LogP contribution in [0.3, 0.4) is 0 Å². The summed E-state index contributed by atoms with van der Waals surface area (Å²) in [6, 6.07) is 8.70. The van der Waals surface area contributed by atoms with E-state index in [9.17, 15) is 24.6 Å². The lowest BCUT2D eigenvalue weighted by molar-refractivity contribution is -0.255. The van der Waals surface area contributed by atoms with Gasteiger partial charge in [-0.05, 0) is 54.4 Å². The molecule has 0 spiro atoms. The number of carbonyl (C=O) groups excluding carboxylic acids is 3. The lowest BCUT2D eigenvalue weighted by Crippen LogP contribution is -2.26. The number of carboxylic acids is 2. The van der Waals surface area contributed by atoms with Crippen LogP contribution in [0.25, 0.3) is 10.2 Å². The Labute approximate surface area is 173 Å². The second-order valence-electron chi connectivity index (χ2n) is 5.75. The van der Waals surface area contributed by atoms with Crippen LogP contribution in [-0.2, 0) is 4.79 Å². The van der Waals surface area contributed by atoms with Gasteiger partial charge >= 0.3 is 0 Å². The normalized spacial score (nSPS) is 10.7. The Bertz CT molecular complexity index is 1060. The van der Waals surface area contributed by atoms with E-state index in [4.69, 9.17) is 4.74 Å². The molecular weight excluding hydrogens is 416 g/mol. The summed E-state index contributed by atoms with van der Waals surface area (Å²) in [6.07, 6.45) is 0. The van der Waals surface area contributed by atoms with Gasteiger partial charge in [-0.25, -0.2) is 4.98 Å². The number of rotatable bonds is 8. The number of aromatic nitrogens is 1. The molecule has 0 bridgehead atoms. The van der Waals surface area contributed by atoms with Crippen LogP contribution in [0.5, 0.6) is 5.75 Å². The molecule has 150 valence electrons. The minimum Gasteiger partial charge on any atom is -0.545 e. The Hall–Kier alpha value is -3.11. The molecule has 0 radical (unpaired) electrons. The monoisotopic (exact) mass is 430 g/mol. The molecule has 0 aliphatic carbocycles. The second kappa shape index (κ2) is 8.93. The summed E-state index contributed by atoms with van der Waals surface area (Å²) in [6.45, 7) is 2.46. The smallest absolute Gasteiger partial charge is 0.234 e. The van der Waals surface area contributed by atoms with Gasteiger partial charge in [-0.1, -0.05) is 11.8 Å². The quantitative estimate of drug-likeness (QED) is 0.527. The van der Waals surface area contributed by atoms with Gasteiger partial charge in [0, 0.05) is 5.69 Å². The Morgan fingerprint density at radius 3 is 2.41 bits per heavy atom. The summed E-state index contributed by atoms with van der Waals surface area (Å²) in [5.41, 5.74) is 0.0839. The Balaban J connectivity index is 1.67. The predicted molar refractivity (Wildman–Crippen MR) is 105 cm³/mol. The van der Waals surface area contributed by atoms with Crippen molar-refractivity contribution in [2.45, 2.75) is 11.3 Å². The molecule has 29 heavy (non-hydrogen) atoms. The van der Waals surface area contributed by atoms with E-state index in [1.54, 1.807) is 0 Å². The Morgan fingerprint density at radius 1 is 1.10 bits per heavy atom. The first kappa shape index (κ1) is 20.6. The topological polar surface area (TPSA) is 131 Å². The van der Waals surface area contributed by atoms with Gasteiger partial charge in [0.15, 0.2) is 4.34 Å². The van der Waals surface area contributed by atoms with Crippen molar-refractivity contribution in [1.82, 2.24) is 4.98 Å². The first-order valence-corrected chi connectivity index (χ1v) is 10.2. The van der Waals surface area contributed by atoms with Crippen LogP contribution in [0.2, 0.25) is 0 Å². The molecule has 8 nitrogen and oxygen atoms in total. The zero-order chi connectivity index (χ0) is 21.0. The summed E-state index contributed by atoms with van der Waals surface area (Å²) < 4.78 is 7.07. The van der Waals surface area contributed by atoms with E-state index >= 15 is 0 Å². The van der Waals surface area contributed by atoms with Gasteiger partial charge in [-0.3, -0.25) is 4.79 Å². The average molecular weight is 430 g/mol. The van der Waals surface area contributed by atoms with Crippen LogP contribution in [-0.4, -0.2) is 35.2 Å². The van der Waals surface area contributed by atoms with Crippen molar-refractivity contribution in [2.24, 2.45) is 0 Å². The summed E-state index contributed by atoms with van der Waals surface area (Å²) >= 11 is 2.63. The van der Waals surface area contributed by atoms with Crippen molar-refractivity contribution in [3.05, 3.63) is 47.5 Å². The molecule has 10 heteroatoms. The third-order valence-corrected chi connectivity index (χ3v) is 5.83. The fourth-order valence-corrected chi connectivity index (χ4v) is 4.36. The van der Waals surface area contributed by atoms with E-state index in [2.05, 4.69) is 10.3 Å². The molecule has 3 aromatic rings. The number of amides is 1. The number of nitrogens with one attached hydrogen (secondary N) is 1. The molecule has 1 aromatic heterocycles. The third-order valence-electron chi connectivity index (χ3n) is 3.67. The van der Waals surface area contributed by atoms with Crippen LogP contribution >= 0.6 is 23.1 Å². The van der Waals surface area contributed by atoms with Crippen LogP contribution in [0.1, 0.15) is 27.6 Å². The summed E-state index contributed by atoms with van der Waals surface area (Å²) in [4.78, 5) is 38.7. The molecule has 0 saturated carbocycles. The molecule has 0 unspecified atom stereocenters. The number of nitrogens with zero attached hydrogens (tertiary/aromatic N) is 1. The van der Waals surface area contributed by atoms with E-state index < -0.39 is 17.8 Å². The molecule has 0 aliphatic heterocycles. The minimum atomic E-state index is -1.56. The van der Waals surface area contributed by atoms with Gasteiger partial charge in [0.05, 0.1) is 34.5 Å². The number of ether oxygens (including phenoxy) is 1. The van der Waals surface area contributed by atoms with Gasteiger partial charge in [-0.2, -0.15) is 0 Å². The van der Waals surface area contributed by atoms with Gasteiger partial charge < -0.3 is 29.9 Å². The van der Waals surface area contributed by atoms with Crippen molar-refractivity contribution in [3.8, 4) is 5.75 Å². The van der Waals surface area contributed by atoms with E-state index in [1.165, 1.54) is 23.1 Å². The Kier molecular flexibility index (Phi) is 6.35. The van der Waals surface area contributed by atoms with Crippen molar-refractivity contribution < 1.29 is 29.3 Å². The summed E-state index contributed by atoms with van der Waals surface area (Å²) in [5, 5.41) is 24.5. The maximum absolute atomic E-state index is 12.2. The molecule has 0 aliphatic rings. The SMILES string of the molecule is CCOc1ccc2nc(SCC(=O)Nc3cc(C(=O)[O-])cc(C(=O)[O-])c3)sc2c1. The van der Waals surface area contributed by atoms with Gasteiger partial charge in [-0.15, -0.1) is 11.3 Å². The molecule has 0 saturated heterocycles. The number of anilines is 1. The predicted octanol–water partition coefficient (Wildman–Crippen LogP) is 1.15. The third kappa shape index (κ3) is 5.24. The van der Waals surface area contributed by atoms with Gasteiger partial charge in [0.1, 0.15) is 5.75 Å². The van der Waals surface area contributed by atoms with Gasteiger partial charge in [0.2, 0.25) is 5.91 Å². The van der Waals surface area contributed by atoms with Crippen molar-refractivity contribution in [3.63, 3.8) is 0 Å². The molecule has 0 atom stereocenters. The molecule has 1 heterocycles. The molecule has 1 amide bonds. The highest BCUT2D eigenvalue weighted by Gasteiger charge is 2.11. The number of fused-ring (bicyclic) bond motifs is 1. The maximum Gasteiger partial charge on any atom is 0.234 e. The van der Waals surface area contributed by atoms with Crippen LogP contribution in [0.4, 0.5) is 5.69 Å². The van der Waals surface area contributed by atoms with Crippen LogP contribution in [0.15, 0.2) is 40.7 Å². The summed E-state index contributed by atoms with van der Waals surface area (Å²) in [5.74, 6) is -2.80. The van der Waals surface area contributed by atoms with Crippen LogP contribution < -0.4 is 20.3 Å². The fourth-order valence-electron chi connectivity index (χ4n) is 2.46. The fraction of sp³-hybridized carbons (Fsp3) is 0.158. The van der Waals surface area contributed by atoms with Crippen molar-refractivity contribution >= 4 is 56.8 Å². The molecule has 0 fully saturated rings. The zero-order valence-corrected chi connectivity index (χ0v) is 16.7. The second-order valence-corrected chi connectivity index (χ2v) is 8.01. The standard InChI is InChI=1S/C19H16N2O6S2/c1-2-27-13-3-4-14-15(8-13)29-19(21-14)28-9-16(22)20-12-6-10(17(23)24)5-11(7-12)18(25)26/h3-8H,2,9H2,1H3,(H,20,22)(H,23,24)(H,25,26)/p-2. The molecular formula is C19H14N2O6S2-2. The lowest BCUT2D eigenvalue weighted by Gasteiger charge is -2.12. The average Bonchev–Trinajstić information content (AvgIpc) is 3.08. The molecule has 2 aromatic carbocycles. The van der Waals surface area contributed by atoms with Crippen LogP contribution in [0, 0.1) is 0 Å². The number of carboxylic acid groups (broad SMARTS) is 2. The molecule has 1 N–H and O–H groups in total. The largest absolute Gasteiger partial charge is 0.545 e. The number of hydrogen-bond acceptors (Lipinski definition) is 9. The Morgan fingerprint density at radius 2 is 1.79 bits per heavy atom. The highest BCUT2D eigenvalue weighted by molar-refractivity contribution is 8.01. The molecule has 3 rings (SSSR count). The number of aromatic carboxylic acids is 2. The van der Waals surface area contributed by atoms with E-state index in [1.807, 2.05) is 25.1 Å². The maximum atomic E-state index is 12.2. The highest BCUT2D eigenvalue weighted by atomic mass is 32.2. The number of hydrogen-bond donors (Lipinski definition) is 1. The van der Waals surface area contributed by atoms with Crippen molar-refractivity contribution in [1.29, 1.82) is 0 Å². The summed E-state index contributed by atoms with van der Waals surface area (Å²) in [7, 11) is 0. The number of benzene rings is 2.